The molecule has 1 saturated carbocycles. The van der Waals surface area contributed by atoms with E-state index in [4.69, 9.17) is 0 Å². The Bertz CT molecular complexity index is 743. The fourth-order valence-electron chi connectivity index (χ4n) is 3.15. The first-order valence-corrected chi connectivity index (χ1v) is 8.59. The summed E-state index contributed by atoms with van der Waals surface area (Å²) in [6.07, 6.45) is 10.2. The minimum atomic E-state index is -0.403. The molecule has 0 bridgehead atoms. The van der Waals surface area contributed by atoms with Gasteiger partial charge in [0.2, 0.25) is 0 Å². The highest BCUT2D eigenvalue weighted by atomic mass is 16.2. The van der Waals surface area contributed by atoms with E-state index in [-0.39, 0.29) is 6.03 Å². The molecule has 2 aromatic heterocycles. The fraction of sp³-hybridized carbons (Fsp3) is 0.444. The molecule has 2 aromatic rings. The smallest absolute Gasteiger partial charge is 0.315 e. The van der Waals surface area contributed by atoms with Crippen LogP contribution in [0.3, 0.4) is 0 Å². The number of pyridine rings is 1. The molecule has 2 amide bonds. The minimum Gasteiger partial charge on any atom is -0.337 e. The quantitative estimate of drug-likeness (QED) is 0.875. The van der Waals surface area contributed by atoms with Gasteiger partial charge in [0.25, 0.3) is 0 Å². The summed E-state index contributed by atoms with van der Waals surface area (Å²) in [5.41, 5.74) is 0.530. The topological polar surface area (TPSA) is 95.6 Å². The van der Waals surface area contributed by atoms with Gasteiger partial charge >= 0.3 is 6.03 Å². The Morgan fingerprint density at radius 1 is 1.28 bits per heavy atom. The molecule has 0 atom stereocenters. The van der Waals surface area contributed by atoms with Crippen molar-refractivity contribution in [3.05, 3.63) is 42.4 Å². The second kappa shape index (κ2) is 7.79. The van der Waals surface area contributed by atoms with Crippen molar-refractivity contribution in [2.75, 3.05) is 6.54 Å². The zero-order chi connectivity index (χ0) is 17.5. The second-order valence-corrected chi connectivity index (χ2v) is 6.46. The molecule has 25 heavy (non-hydrogen) atoms. The SMILES string of the molecule is N#CC1(CNC(=O)NCc2ccnc(-n3cccn3)c2)CCCCC1. The van der Waals surface area contributed by atoms with Gasteiger partial charge in [0.05, 0.1) is 11.5 Å². The number of hydrogen-bond acceptors (Lipinski definition) is 4. The van der Waals surface area contributed by atoms with Gasteiger partial charge in [0.1, 0.15) is 0 Å². The average Bonchev–Trinajstić information content (AvgIpc) is 3.20. The molecule has 0 saturated heterocycles. The van der Waals surface area contributed by atoms with E-state index in [0.29, 0.717) is 18.9 Å². The second-order valence-electron chi connectivity index (χ2n) is 6.46. The third kappa shape index (κ3) is 4.35. The van der Waals surface area contributed by atoms with Crippen LogP contribution >= 0.6 is 0 Å². The number of amides is 2. The molecule has 0 radical (unpaired) electrons. The van der Waals surface area contributed by atoms with E-state index in [0.717, 1.165) is 31.2 Å². The van der Waals surface area contributed by atoms with E-state index >= 15 is 0 Å². The number of nitriles is 1. The molecule has 1 fully saturated rings. The zero-order valence-electron chi connectivity index (χ0n) is 14.1. The van der Waals surface area contributed by atoms with Gasteiger partial charge in [0.15, 0.2) is 5.82 Å². The minimum absolute atomic E-state index is 0.252. The molecule has 7 nitrogen and oxygen atoms in total. The highest BCUT2D eigenvalue weighted by molar-refractivity contribution is 5.73. The largest absolute Gasteiger partial charge is 0.337 e. The number of carbonyl (C=O) groups excluding carboxylic acids is 1. The summed E-state index contributed by atoms with van der Waals surface area (Å²) in [5.74, 6) is 0.704. The Balaban J connectivity index is 1.51. The Hall–Kier alpha value is -2.88. The number of nitrogens with zero attached hydrogens (tertiary/aromatic N) is 4. The predicted molar refractivity (Wildman–Crippen MR) is 92.7 cm³/mol. The summed E-state index contributed by atoms with van der Waals surface area (Å²) >= 11 is 0. The highest BCUT2D eigenvalue weighted by Gasteiger charge is 2.32. The summed E-state index contributed by atoms with van der Waals surface area (Å²) in [5, 5.41) is 19.3. The summed E-state index contributed by atoms with van der Waals surface area (Å²) in [4.78, 5) is 16.3. The molecule has 1 aliphatic carbocycles. The van der Waals surface area contributed by atoms with Crippen LogP contribution in [0.2, 0.25) is 0 Å². The number of hydrogen-bond donors (Lipinski definition) is 2. The van der Waals surface area contributed by atoms with Crippen molar-refractivity contribution in [3.63, 3.8) is 0 Å². The van der Waals surface area contributed by atoms with Gasteiger partial charge in [-0.05, 0) is 36.6 Å². The molecular weight excluding hydrogens is 316 g/mol. The van der Waals surface area contributed by atoms with E-state index in [1.807, 2.05) is 24.4 Å². The summed E-state index contributed by atoms with van der Waals surface area (Å²) < 4.78 is 1.67. The van der Waals surface area contributed by atoms with Gasteiger partial charge in [-0.1, -0.05) is 19.3 Å². The summed E-state index contributed by atoms with van der Waals surface area (Å²) in [7, 11) is 0. The number of nitrogens with one attached hydrogen (secondary N) is 2. The molecule has 0 aliphatic heterocycles. The lowest BCUT2D eigenvalue weighted by Crippen LogP contribution is -2.42. The van der Waals surface area contributed by atoms with E-state index < -0.39 is 5.41 Å². The van der Waals surface area contributed by atoms with Gasteiger partial charge in [0, 0.05) is 31.7 Å². The standard InChI is InChI=1S/C18H22N6O/c19-13-18(6-2-1-3-7-18)14-22-17(25)21-12-15-5-9-20-16(11-15)24-10-4-8-23-24/h4-5,8-11H,1-3,6-7,12,14H2,(H2,21,22,25). The number of aromatic nitrogens is 3. The first-order chi connectivity index (χ1) is 12.2. The normalized spacial score (nSPS) is 16.0. The molecule has 2 heterocycles. The fourth-order valence-corrected chi connectivity index (χ4v) is 3.15. The maximum atomic E-state index is 12.1. The van der Waals surface area contributed by atoms with Gasteiger partial charge in [-0.3, -0.25) is 0 Å². The van der Waals surface area contributed by atoms with Crippen molar-refractivity contribution in [2.45, 2.75) is 38.6 Å². The van der Waals surface area contributed by atoms with Gasteiger partial charge in [-0.2, -0.15) is 10.4 Å². The number of urea groups is 1. The Morgan fingerprint density at radius 2 is 2.12 bits per heavy atom. The molecule has 3 rings (SSSR count). The lowest BCUT2D eigenvalue weighted by atomic mass is 9.75. The van der Waals surface area contributed by atoms with Crippen LogP contribution in [0.1, 0.15) is 37.7 Å². The van der Waals surface area contributed by atoms with E-state index in [9.17, 15) is 10.1 Å². The van der Waals surface area contributed by atoms with Crippen LogP contribution in [0.4, 0.5) is 4.79 Å². The Morgan fingerprint density at radius 3 is 2.84 bits per heavy atom. The van der Waals surface area contributed by atoms with Crippen molar-refractivity contribution in [1.82, 2.24) is 25.4 Å². The van der Waals surface area contributed by atoms with Crippen LogP contribution in [-0.4, -0.2) is 27.3 Å². The third-order valence-corrected chi connectivity index (χ3v) is 4.64. The van der Waals surface area contributed by atoms with Gasteiger partial charge in [-0.25, -0.2) is 14.5 Å². The van der Waals surface area contributed by atoms with Crippen molar-refractivity contribution in [2.24, 2.45) is 5.41 Å². The van der Waals surface area contributed by atoms with Crippen molar-refractivity contribution in [1.29, 1.82) is 5.26 Å². The van der Waals surface area contributed by atoms with Gasteiger partial charge in [-0.15, -0.1) is 0 Å². The molecule has 7 heteroatoms. The van der Waals surface area contributed by atoms with Crippen molar-refractivity contribution >= 4 is 6.03 Å². The molecule has 0 aromatic carbocycles. The molecule has 2 N–H and O–H groups in total. The van der Waals surface area contributed by atoms with Crippen LogP contribution in [-0.2, 0) is 6.54 Å². The first kappa shape index (κ1) is 17.0. The highest BCUT2D eigenvalue weighted by Crippen LogP contribution is 2.34. The zero-order valence-corrected chi connectivity index (χ0v) is 14.1. The molecule has 130 valence electrons. The summed E-state index contributed by atoms with van der Waals surface area (Å²) in [6.45, 7) is 0.798. The summed E-state index contributed by atoms with van der Waals surface area (Å²) in [6, 6.07) is 7.72. The van der Waals surface area contributed by atoms with Crippen molar-refractivity contribution < 1.29 is 4.79 Å². The average molecular weight is 338 g/mol. The molecule has 1 aliphatic rings. The van der Waals surface area contributed by atoms with E-state index in [1.54, 1.807) is 17.1 Å². The van der Waals surface area contributed by atoms with Crippen LogP contribution in [0.15, 0.2) is 36.8 Å². The Kier molecular flexibility index (Phi) is 5.29. The maximum Gasteiger partial charge on any atom is 0.315 e. The van der Waals surface area contributed by atoms with Crippen LogP contribution in [0.5, 0.6) is 0 Å². The van der Waals surface area contributed by atoms with Crippen LogP contribution < -0.4 is 10.6 Å². The monoisotopic (exact) mass is 338 g/mol. The van der Waals surface area contributed by atoms with E-state index in [2.05, 4.69) is 26.8 Å². The molecular formula is C18H22N6O. The maximum absolute atomic E-state index is 12.1. The predicted octanol–water partition coefficient (Wildman–Crippen LogP) is 2.54. The lowest BCUT2D eigenvalue weighted by Gasteiger charge is -2.30. The number of rotatable bonds is 5. The first-order valence-electron chi connectivity index (χ1n) is 8.59. The third-order valence-electron chi connectivity index (χ3n) is 4.64. The van der Waals surface area contributed by atoms with Crippen molar-refractivity contribution in [3.8, 4) is 11.9 Å². The lowest BCUT2D eigenvalue weighted by molar-refractivity contribution is 0.223. The van der Waals surface area contributed by atoms with Crippen LogP contribution in [0, 0.1) is 16.7 Å². The van der Waals surface area contributed by atoms with E-state index in [1.165, 1.54) is 6.42 Å². The van der Waals surface area contributed by atoms with Gasteiger partial charge < -0.3 is 10.6 Å². The number of carbonyl (C=O) groups is 1. The van der Waals surface area contributed by atoms with Crippen LogP contribution in [0.25, 0.3) is 5.82 Å². The Labute approximate surface area is 147 Å². The molecule has 0 unspecified atom stereocenters. The molecule has 0 spiro atoms.